The molecule has 0 atom stereocenters. The molecule has 2 aromatic rings. The lowest BCUT2D eigenvalue weighted by Crippen LogP contribution is -2.08. The van der Waals surface area contributed by atoms with Gasteiger partial charge < -0.3 is 4.74 Å². The first-order valence-electron chi connectivity index (χ1n) is 4.99. The Morgan fingerprint density at radius 3 is 2.33 bits per heavy atom. The lowest BCUT2D eigenvalue weighted by molar-refractivity contribution is 0.0735. The van der Waals surface area contributed by atoms with E-state index in [-0.39, 0.29) is 16.3 Å². The van der Waals surface area contributed by atoms with Crippen LogP contribution in [0.15, 0.2) is 42.5 Å². The largest absolute Gasteiger partial charge is 0.421 e. The van der Waals surface area contributed by atoms with Crippen molar-refractivity contribution < 1.29 is 13.9 Å². The highest BCUT2D eigenvalue weighted by Gasteiger charge is 2.11. The zero-order valence-corrected chi connectivity index (χ0v) is 10.5. The summed E-state index contributed by atoms with van der Waals surface area (Å²) in [5.74, 6) is -0.828. The molecule has 5 heteroatoms. The summed E-state index contributed by atoms with van der Waals surface area (Å²) < 4.78 is 17.8. The number of benzene rings is 2. The summed E-state index contributed by atoms with van der Waals surface area (Å²) in [5.41, 5.74) is 0.238. The van der Waals surface area contributed by atoms with Crippen LogP contribution in [0.1, 0.15) is 10.4 Å². The molecular weight excluding hydrogens is 278 g/mol. The summed E-state index contributed by atoms with van der Waals surface area (Å²) in [7, 11) is 0. The van der Waals surface area contributed by atoms with Crippen molar-refractivity contribution >= 4 is 29.2 Å². The fourth-order valence-electron chi connectivity index (χ4n) is 1.30. The topological polar surface area (TPSA) is 26.3 Å². The van der Waals surface area contributed by atoms with Gasteiger partial charge in [-0.3, -0.25) is 0 Å². The lowest BCUT2D eigenvalue weighted by atomic mass is 10.2. The van der Waals surface area contributed by atoms with Gasteiger partial charge in [0.1, 0.15) is 11.6 Å². The molecule has 0 aliphatic carbocycles. The van der Waals surface area contributed by atoms with Gasteiger partial charge in [0.05, 0.1) is 10.6 Å². The van der Waals surface area contributed by atoms with Gasteiger partial charge in [-0.15, -0.1) is 0 Å². The molecule has 2 nitrogen and oxygen atoms in total. The van der Waals surface area contributed by atoms with Crippen molar-refractivity contribution in [3.05, 3.63) is 63.9 Å². The Morgan fingerprint density at radius 2 is 1.72 bits per heavy atom. The average molecular weight is 285 g/mol. The standard InChI is InChI=1S/C13H7Cl2FO2/c14-9-3-6-12(11(15)7-9)18-13(17)8-1-4-10(16)5-2-8/h1-7H. The highest BCUT2D eigenvalue weighted by Crippen LogP contribution is 2.28. The maximum absolute atomic E-state index is 12.7. The minimum Gasteiger partial charge on any atom is -0.421 e. The molecule has 0 aromatic heterocycles. The predicted molar refractivity (Wildman–Crippen MR) is 67.8 cm³/mol. The van der Waals surface area contributed by atoms with Gasteiger partial charge in [-0.1, -0.05) is 23.2 Å². The van der Waals surface area contributed by atoms with Crippen molar-refractivity contribution in [2.24, 2.45) is 0 Å². The fraction of sp³-hybridized carbons (Fsp3) is 0. The molecule has 18 heavy (non-hydrogen) atoms. The van der Waals surface area contributed by atoms with Crippen molar-refractivity contribution in [1.29, 1.82) is 0 Å². The van der Waals surface area contributed by atoms with Crippen LogP contribution in [0.5, 0.6) is 5.75 Å². The van der Waals surface area contributed by atoms with E-state index < -0.39 is 11.8 Å². The predicted octanol–water partition coefficient (Wildman–Crippen LogP) is 4.35. The molecule has 0 aliphatic heterocycles. The van der Waals surface area contributed by atoms with Crippen LogP contribution in [-0.2, 0) is 0 Å². The number of halogens is 3. The van der Waals surface area contributed by atoms with Crippen molar-refractivity contribution in [1.82, 2.24) is 0 Å². The molecule has 0 radical (unpaired) electrons. The maximum Gasteiger partial charge on any atom is 0.343 e. The minimum absolute atomic E-state index is 0.204. The van der Waals surface area contributed by atoms with Gasteiger partial charge >= 0.3 is 5.97 Å². The summed E-state index contributed by atoms with van der Waals surface area (Å²) in [5, 5.41) is 0.680. The van der Waals surface area contributed by atoms with Crippen LogP contribution in [0, 0.1) is 5.82 Å². The average Bonchev–Trinajstić information content (AvgIpc) is 2.33. The SMILES string of the molecule is O=C(Oc1ccc(Cl)cc1Cl)c1ccc(F)cc1. The normalized spacial score (nSPS) is 10.2. The van der Waals surface area contributed by atoms with E-state index in [1.807, 2.05) is 0 Å². The van der Waals surface area contributed by atoms with Gasteiger partial charge in [0.25, 0.3) is 0 Å². The van der Waals surface area contributed by atoms with E-state index in [0.717, 1.165) is 0 Å². The molecule has 0 amide bonds. The van der Waals surface area contributed by atoms with E-state index in [2.05, 4.69) is 0 Å². The third-order valence-corrected chi connectivity index (χ3v) is 2.71. The summed E-state index contributed by atoms with van der Waals surface area (Å²) in [6, 6.07) is 9.55. The highest BCUT2D eigenvalue weighted by molar-refractivity contribution is 6.35. The molecular formula is C13H7Cl2FO2. The van der Waals surface area contributed by atoms with Crippen molar-refractivity contribution in [3.63, 3.8) is 0 Å². The van der Waals surface area contributed by atoms with Gasteiger partial charge in [0, 0.05) is 5.02 Å². The molecule has 0 N–H and O–H groups in total. The second kappa shape index (κ2) is 5.38. The lowest BCUT2D eigenvalue weighted by Gasteiger charge is -2.06. The van der Waals surface area contributed by atoms with Crippen molar-refractivity contribution in [3.8, 4) is 5.75 Å². The summed E-state index contributed by atoms with van der Waals surface area (Å²) in [4.78, 5) is 11.7. The zero-order valence-electron chi connectivity index (χ0n) is 8.99. The number of hydrogen-bond acceptors (Lipinski definition) is 2. The molecule has 92 valence electrons. The van der Waals surface area contributed by atoms with Crippen LogP contribution in [0.25, 0.3) is 0 Å². The zero-order chi connectivity index (χ0) is 13.1. The highest BCUT2D eigenvalue weighted by atomic mass is 35.5. The smallest absolute Gasteiger partial charge is 0.343 e. The molecule has 0 unspecified atom stereocenters. The van der Waals surface area contributed by atoms with E-state index in [0.29, 0.717) is 5.02 Å². The minimum atomic E-state index is -0.612. The fourth-order valence-corrected chi connectivity index (χ4v) is 1.75. The molecule has 0 fully saturated rings. The van der Waals surface area contributed by atoms with E-state index in [9.17, 15) is 9.18 Å². The summed E-state index contributed by atoms with van der Waals surface area (Å²) >= 11 is 11.6. The van der Waals surface area contributed by atoms with E-state index in [1.165, 1.54) is 36.4 Å². The van der Waals surface area contributed by atoms with Crippen LogP contribution >= 0.6 is 23.2 Å². The van der Waals surface area contributed by atoms with Crippen molar-refractivity contribution in [2.75, 3.05) is 0 Å². The second-order valence-corrected chi connectivity index (χ2v) is 4.31. The van der Waals surface area contributed by atoms with E-state index in [1.54, 1.807) is 6.07 Å². The quantitative estimate of drug-likeness (QED) is 0.605. The molecule has 2 rings (SSSR count). The van der Waals surface area contributed by atoms with Gasteiger partial charge in [-0.25, -0.2) is 9.18 Å². The molecule has 0 saturated carbocycles. The van der Waals surface area contributed by atoms with Crippen LogP contribution in [0.3, 0.4) is 0 Å². The first-order valence-corrected chi connectivity index (χ1v) is 5.74. The Balaban J connectivity index is 2.18. The van der Waals surface area contributed by atoms with Crippen LogP contribution in [0.4, 0.5) is 4.39 Å². The first kappa shape index (κ1) is 12.9. The number of carbonyl (C=O) groups excluding carboxylic acids is 1. The van der Waals surface area contributed by atoms with Crippen LogP contribution in [-0.4, -0.2) is 5.97 Å². The van der Waals surface area contributed by atoms with Gasteiger partial charge in [0.2, 0.25) is 0 Å². The molecule has 0 spiro atoms. The Morgan fingerprint density at radius 1 is 1.06 bits per heavy atom. The number of carbonyl (C=O) groups is 1. The number of ether oxygens (including phenoxy) is 1. The molecule has 2 aromatic carbocycles. The Kier molecular flexibility index (Phi) is 3.84. The molecule has 0 saturated heterocycles. The number of hydrogen-bond donors (Lipinski definition) is 0. The van der Waals surface area contributed by atoms with Crippen LogP contribution < -0.4 is 4.74 Å². The molecule has 0 heterocycles. The van der Waals surface area contributed by atoms with E-state index >= 15 is 0 Å². The summed E-state index contributed by atoms with van der Waals surface area (Å²) in [6.07, 6.45) is 0. The Labute approximate surface area is 113 Å². The van der Waals surface area contributed by atoms with Gasteiger partial charge in [0.15, 0.2) is 0 Å². The molecule has 0 aliphatic rings. The monoisotopic (exact) mass is 284 g/mol. The van der Waals surface area contributed by atoms with E-state index in [4.69, 9.17) is 27.9 Å². The maximum atomic E-state index is 12.7. The third kappa shape index (κ3) is 3.00. The van der Waals surface area contributed by atoms with Gasteiger partial charge in [-0.2, -0.15) is 0 Å². The first-order chi connectivity index (χ1) is 8.56. The Bertz CT molecular complexity index is 582. The number of rotatable bonds is 2. The van der Waals surface area contributed by atoms with Gasteiger partial charge in [-0.05, 0) is 42.5 Å². The summed E-state index contributed by atoms with van der Waals surface area (Å²) in [6.45, 7) is 0. The third-order valence-electron chi connectivity index (χ3n) is 2.18. The van der Waals surface area contributed by atoms with Crippen LogP contribution in [0.2, 0.25) is 10.0 Å². The number of esters is 1. The van der Waals surface area contributed by atoms with Crippen molar-refractivity contribution in [2.45, 2.75) is 0 Å². The molecule has 0 bridgehead atoms. The Hall–Kier alpha value is -1.58. The second-order valence-electron chi connectivity index (χ2n) is 3.47.